The number of ether oxygens (including phenoxy) is 2. The maximum atomic E-state index is 11.8. The van der Waals surface area contributed by atoms with Gasteiger partial charge < -0.3 is 9.47 Å². The number of hydrogen-bond donors (Lipinski definition) is 0. The van der Waals surface area contributed by atoms with Crippen LogP contribution in [0.15, 0.2) is 4.40 Å². The second-order valence-corrected chi connectivity index (χ2v) is 8.19. The summed E-state index contributed by atoms with van der Waals surface area (Å²) in [7, 11) is -1.17. The lowest BCUT2D eigenvalue weighted by Crippen LogP contribution is -2.30. The van der Waals surface area contributed by atoms with Gasteiger partial charge in [0.25, 0.3) is 0 Å². The Bertz CT molecular complexity index is 331. The fourth-order valence-electron chi connectivity index (χ4n) is 2.12. The van der Waals surface area contributed by atoms with Crippen LogP contribution < -0.4 is 0 Å². The largest absolute Gasteiger partial charge is 0.348 e. The van der Waals surface area contributed by atoms with E-state index >= 15 is 0 Å². The summed E-state index contributed by atoms with van der Waals surface area (Å²) in [5.74, 6) is -0.426. The lowest BCUT2D eigenvalue weighted by atomic mass is 10.0. The Morgan fingerprint density at radius 1 is 1.20 bits per heavy atom. The third-order valence-electron chi connectivity index (χ3n) is 3.32. The predicted molar refractivity (Wildman–Crippen MR) is 84.4 cm³/mol. The van der Waals surface area contributed by atoms with Crippen LogP contribution in [0.5, 0.6) is 0 Å². The second kappa shape index (κ2) is 8.25. The maximum Gasteiger partial charge on any atom is 0.168 e. The van der Waals surface area contributed by atoms with Gasteiger partial charge in [-0.1, -0.05) is 19.8 Å². The van der Waals surface area contributed by atoms with Crippen LogP contribution >= 0.6 is 0 Å². The molecule has 5 heteroatoms. The van der Waals surface area contributed by atoms with Crippen LogP contribution in [0.4, 0.5) is 0 Å². The summed E-state index contributed by atoms with van der Waals surface area (Å²) < 4.78 is 27.2. The van der Waals surface area contributed by atoms with Crippen LogP contribution in [-0.4, -0.2) is 34.2 Å². The van der Waals surface area contributed by atoms with Crippen molar-refractivity contribution in [3.8, 4) is 0 Å². The number of unbranched alkanes of at least 4 members (excludes halogenated alkanes) is 2. The smallest absolute Gasteiger partial charge is 0.168 e. The average Bonchev–Trinajstić information content (AvgIpc) is 2.83. The molecule has 1 heterocycles. The SMILES string of the molecule is CCCCCC1(CCC=NS(=O)C(C)(C)C)OCCO1. The van der Waals surface area contributed by atoms with Crippen LogP contribution in [0.25, 0.3) is 0 Å². The van der Waals surface area contributed by atoms with Crippen molar-refractivity contribution in [2.75, 3.05) is 13.2 Å². The van der Waals surface area contributed by atoms with Gasteiger partial charge in [-0.05, 0) is 33.6 Å². The topological polar surface area (TPSA) is 47.9 Å². The van der Waals surface area contributed by atoms with E-state index in [2.05, 4.69) is 11.3 Å². The van der Waals surface area contributed by atoms with Crippen molar-refractivity contribution in [1.29, 1.82) is 0 Å². The molecule has 0 aliphatic carbocycles. The molecule has 1 fully saturated rings. The van der Waals surface area contributed by atoms with E-state index in [9.17, 15) is 4.21 Å². The van der Waals surface area contributed by atoms with Gasteiger partial charge in [0.1, 0.15) is 11.0 Å². The molecule has 20 heavy (non-hydrogen) atoms. The first kappa shape index (κ1) is 17.8. The highest BCUT2D eigenvalue weighted by Gasteiger charge is 2.35. The summed E-state index contributed by atoms with van der Waals surface area (Å²) in [6.45, 7) is 9.33. The fraction of sp³-hybridized carbons (Fsp3) is 0.933. The monoisotopic (exact) mass is 303 g/mol. The quantitative estimate of drug-likeness (QED) is 0.508. The normalized spacial score (nSPS) is 20.6. The first-order chi connectivity index (χ1) is 9.40. The van der Waals surface area contributed by atoms with Crippen molar-refractivity contribution in [3.63, 3.8) is 0 Å². The summed E-state index contributed by atoms with van der Waals surface area (Å²) in [6.07, 6.45) is 7.76. The van der Waals surface area contributed by atoms with Gasteiger partial charge in [-0.25, -0.2) is 4.21 Å². The summed E-state index contributed by atoms with van der Waals surface area (Å²) in [4.78, 5) is 0. The zero-order chi connectivity index (χ0) is 15.1. The molecule has 0 radical (unpaired) electrons. The van der Waals surface area contributed by atoms with Gasteiger partial charge >= 0.3 is 0 Å². The van der Waals surface area contributed by atoms with Crippen molar-refractivity contribution in [3.05, 3.63) is 0 Å². The molecule has 0 aromatic heterocycles. The molecule has 0 aromatic carbocycles. The molecule has 0 N–H and O–H groups in total. The van der Waals surface area contributed by atoms with Gasteiger partial charge in [0.2, 0.25) is 0 Å². The van der Waals surface area contributed by atoms with E-state index in [-0.39, 0.29) is 4.75 Å². The molecule has 0 bridgehead atoms. The molecule has 1 saturated heterocycles. The van der Waals surface area contributed by atoms with Gasteiger partial charge in [-0.2, -0.15) is 4.40 Å². The Hall–Kier alpha value is -0.260. The minimum atomic E-state index is -1.17. The van der Waals surface area contributed by atoms with Crippen LogP contribution in [0.3, 0.4) is 0 Å². The highest BCUT2D eigenvalue weighted by atomic mass is 32.2. The van der Waals surface area contributed by atoms with Crippen LogP contribution in [0.2, 0.25) is 0 Å². The lowest BCUT2D eigenvalue weighted by molar-refractivity contribution is -0.166. The molecule has 0 spiro atoms. The summed E-state index contributed by atoms with van der Waals surface area (Å²) in [5.41, 5.74) is 0. The first-order valence-corrected chi connectivity index (χ1v) is 8.73. The van der Waals surface area contributed by atoms with Gasteiger partial charge in [0.15, 0.2) is 5.79 Å². The molecule has 1 atom stereocenters. The Balaban J connectivity index is 2.40. The van der Waals surface area contributed by atoms with E-state index in [0.29, 0.717) is 13.2 Å². The molecular weight excluding hydrogens is 274 g/mol. The van der Waals surface area contributed by atoms with Crippen LogP contribution in [-0.2, 0) is 20.5 Å². The predicted octanol–water partition coefficient (Wildman–Crippen LogP) is 3.62. The van der Waals surface area contributed by atoms with Crippen LogP contribution in [0, 0.1) is 0 Å². The highest BCUT2D eigenvalue weighted by Crippen LogP contribution is 2.30. The van der Waals surface area contributed by atoms with E-state index in [1.54, 1.807) is 6.21 Å². The Morgan fingerprint density at radius 3 is 2.40 bits per heavy atom. The second-order valence-electron chi connectivity index (χ2n) is 6.25. The molecular formula is C15H29NO3S. The first-order valence-electron chi connectivity index (χ1n) is 7.62. The fourth-order valence-corrected chi connectivity index (χ4v) is 2.68. The minimum Gasteiger partial charge on any atom is -0.348 e. The molecule has 118 valence electrons. The molecule has 0 aromatic rings. The van der Waals surface area contributed by atoms with Crippen molar-refractivity contribution in [2.45, 2.75) is 76.8 Å². The molecule has 4 nitrogen and oxygen atoms in total. The Kier molecular flexibility index (Phi) is 7.34. The number of hydrogen-bond acceptors (Lipinski definition) is 3. The van der Waals surface area contributed by atoms with E-state index in [1.807, 2.05) is 20.8 Å². The van der Waals surface area contributed by atoms with E-state index in [1.165, 1.54) is 12.8 Å². The lowest BCUT2D eigenvalue weighted by Gasteiger charge is -2.26. The van der Waals surface area contributed by atoms with Gasteiger partial charge in [0.05, 0.1) is 18.0 Å². The summed E-state index contributed by atoms with van der Waals surface area (Å²) >= 11 is 0. The number of nitrogens with zero attached hydrogens (tertiary/aromatic N) is 1. The maximum absolute atomic E-state index is 11.8. The number of rotatable bonds is 8. The van der Waals surface area contributed by atoms with Crippen LogP contribution in [0.1, 0.15) is 66.2 Å². The average molecular weight is 303 g/mol. The van der Waals surface area contributed by atoms with Crippen molar-refractivity contribution in [2.24, 2.45) is 4.40 Å². The van der Waals surface area contributed by atoms with E-state index in [4.69, 9.17) is 9.47 Å². The molecule has 1 rings (SSSR count). The van der Waals surface area contributed by atoms with Crippen molar-refractivity contribution >= 4 is 17.2 Å². The summed E-state index contributed by atoms with van der Waals surface area (Å²) in [6, 6.07) is 0. The zero-order valence-corrected chi connectivity index (χ0v) is 14.1. The van der Waals surface area contributed by atoms with Crippen molar-refractivity contribution in [1.82, 2.24) is 0 Å². The zero-order valence-electron chi connectivity index (χ0n) is 13.3. The highest BCUT2D eigenvalue weighted by molar-refractivity contribution is 7.85. The molecule has 1 unspecified atom stereocenters. The van der Waals surface area contributed by atoms with Gasteiger partial charge in [-0.15, -0.1) is 0 Å². The minimum absolute atomic E-state index is 0.296. The van der Waals surface area contributed by atoms with Crippen molar-refractivity contribution < 1.29 is 13.7 Å². The standard InChI is InChI=1S/C15H29NO3S/c1-5-6-7-9-15(18-12-13-19-15)10-8-11-16-20(17)14(2,3)4/h11H,5-10,12-13H2,1-4H3. The van der Waals surface area contributed by atoms with E-state index < -0.39 is 16.8 Å². The third kappa shape index (κ3) is 6.02. The Morgan fingerprint density at radius 2 is 1.85 bits per heavy atom. The Labute approximate surface area is 125 Å². The third-order valence-corrected chi connectivity index (χ3v) is 4.71. The van der Waals surface area contributed by atoms with Gasteiger partial charge in [-0.3, -0.25) is 0 Å². The molecule has 1 aliphatic rings. The van der Waals surface area contributed by atoms with E-state index in [0.717, 1.165) is 25.7 Å². The van der Waals surface area contributed by atoms with Gasteiger partial charge in [0, 0.05) is 19.1 Å². The molecule has 0 saturated carbocycles. The molecule has 1 aliphatic heterocycles. The molecule has 0 amide bonds. The summed E-state index contributed by atoms with van der Waals surface area (Å²) in [5, 5.41) is 0.